The number of ether oxygens (including phenoxy) is 1. The lowest BCUT2D eigenvalue weighted by molar-refractivity contribution is -0.135. The van der Waals surface area contributed by atoms with Crippen LogP contribution in [-0.4, -0.2) is 61.7 Å². The van der Waals surface area contributed by atoms with Crippen LogP contribution in [0.25, 0.3) is 16.9 Å². The second kappa shape index (κ2) is 6.85. The number of hydrogen-bond acceptors (Lipinski definition) is 6. The van der Waals surface area contributed by atoms with Crippen LogP contribution in [-0.2, 0) is 16.1 Å². The van der Waals surface area contributed by atoms with E-state index in [1.165, 1.54) is 15.6 Å². The van der Waals surface area contributed by atoms with Gasteiger partial charge in [-0.05, 0) is 24.3 Å². The van der Waals surface area contributed by atoms with Crippen molar-refractivity contribution in [3.05, 3.63) is 46.0 Å². The van der Waals surface area contributed by atoms with E-state index in [2.05, 4.69) is 15.3 Å². The first kappa shape index (κ1) is 16.7. The maximum Gasteiger partial charge on any atom is 0.284 e. The lowest BCUT2D eigenvalue weighted by Crippen LogP contribution is -2.43. The molecule has 0 unspecified atom stereocenters. The smallest absolute Gasteiger partial charge is 0.284 e. The van der Waals surface area contributed by atoms with Gasteiger partial charge in [0.15, 0.2) is 11.2 Å². The molecule has 134 valence electrons. The van der Waals surface area contributed by atoms with Crippen LogP contribution in [0.2, 0.25) is 5.02 Å². The molecule has 1 amide bonds. The van der Waals surface area contributed by atoms with E-state index in [9.17, 15) is 9.59 Å². The molecule has 0 bridgehead atoms. The topological polar surface area (TPSA) is 95.1 Å². The molecule has 1 aliphatic rings. The van der Waals surface area contributed by atoms with Crippen LogP contribution in [0.1, 0.15) is 0 Å². The fourth-order valence-electron chi connectivity index (χ4n) is 2.77. The normalized spacial score (nSPS) is 14.7. The fraction of sp³-hybridized carbons (Fsp3) is 0.312. The van der Waals surface area contributed by atoms with Gasteiger partial charge in [-0.3, -0.25) is 14.2 Å². The van der Waals surface area contributed by atoms with Crippen molar-refractivity contribution in [3.63, 3.8) is 0 Å². The van der Waals surface area contributed by atoms with Crippen LogP contribution in [0, 0.1) is 0 Å². The van der Waals surface area contributed by atoms with E-state index in [1.807, 2.05) is 0 Å². The largest absolute Gasteiger partial charge is 0.378 e. The lowest BCUT2D eigenvalue weighted by Gasteiger charge is -2.26. The first-order chi connectivity index (χ1) is 12.6. The van der Waals surface area contributed by atoms with E-state index in [0.717, 1.165) is 0 Å². The molecule has 9 nitrogen and oxygen atoms in total. The molecule has 2 aromatic heterocycles. The summed E-state index contributed by atoms with van der Waals surface area (Å²) in [6, 6.07) is 6.94. The Labute approximate surface area is 152 Å². The average molecular weight is 375 g/mol. The molecule has 3 aromatic rings. The Morgan fingerprint density at radius 3 is 2.65 bits per heavy atom. The highest BCUT2D eigenvalue weighted by Gasteiger charge is 2.19. The summed E-state index contributed by atoms with van der Waals surface area (Å²) < 4.78 is 7.94. The minimum Gasteiger partial charge on any atom is -0.378 e. The number of aromatic nitrogens is 5. The zero-order valence-corrected chi connectivity index (χ0v) is 14.5. The van der Waals surface area contributed by atoms with Gasteiger partial charge in [0.05, 0.1) is 18.9 Å². The van der Waals surface area contributed by atoms with Gasteiger partial charge >= 0.3 is 0 Å². The number of nitrogens with zero attached hydrogens (tertiary/aromatic N) is 6. The van der Waals surface area contributed by atoms with Gasteiger partial charge in [-0.2, -0.15) is 4.68 Å². The molecule has 0 spiro atoms. The molecule has 3 heterocycles. The zero-order chi connectivity index (χ0) is 18.1. The molecule has 0 atom stereocenters. The van der Waals surface area contributed by atoms with Crippen molar-refractivity contribution in [1.29, 1.82) is 0 Å². The minimum atomic E-state index is -0.406. The third-order valence-corrected chi connectivity index (χ3v) is 4.42. The van der Waals surface area contributed by atoms with E-state index in [0.29, 0.717) is 42.7 Å². The molecule has 0 aliphatic carbocycles. The lowest BCUT2D eigenvalue weighted by atomic mass is 10.3. The Morgan fingerprint density at radius 1 is 1.19 bits per heavy atom. The van der Waals surface area contributed by atoms with Crippen LogP contribution >= 0.6 is 11.6 Å². The van der Waals surface area contributed by atoms with Gasteiger partial charge in [0.1, 0.15) is 12.9 Å². The van der Waals surface area contributed by atoms with E-state index >= 15 is 0 Å². The summed E-state index contributed by atoms with van der Waals surface area (Å²) in [5.41, 5.74) is 0.715. The van der Waals surface area contributed by atoms with E-state index < -0.39 is 5.56 Å². The number of rotatable bonds is 3. The molecule has 26 heavy (non-hydrogen) atoms. The second-order valence-corrected chi connectivity index (χ2v) is 6.26. The Morgan fingerprint density at radius 2 is 1.92 bits per heavy atom. The minimum absolute atomic E-state index is 0.0877. The maximum absolute atomic E-state index is 12.6. The van der Waals surface area contributed by atoms with Crippen molar-refractivity contribution in [2.24, 2.45) is 0 Å². The van der Waals surface area contributed by atoms with Crippen LogP contribution in [0.4, 0.5) is 0 Å². The summed E-state index contributed by atoms with van der Waals surface area (Å²) in [6.07, 6.45) is 1.35. The predicted octanol–water partition coefficient (Wildman–Crippen LogP) is 0.489. The molecule has 1 saturated heterocycles. The number of morpholine rings is 1. The molecular weight excluding hydrogens is 360 g/mol. The predicted molar refractivity (Wildman–Crippen MR) is 93.3 cm³/mol. The van der Waals surface area contributed by atoms with Gasteiger partial charge in [0.2, 0.25) is 5.91 Å². The summed E-state index contributed by atoms with van der Waals surface area (Å²) in [4.78, 5) is 30.9. The summed E-state index contributed by atoms with van der Waals surface area (Å²) in [5, 5.41) is 8.53. The van der Waals surface area contributed by atoms with Gasteiger partial charge in [0.25, 0.3) is 5.56 Å². The number of carbonyl (C=O) groups excluding carboxylic acids is 1. The average Bonchev–Trinajstić information content (AvgIpc) is 3.10. The molecular formula is C16H15ClN6O3. The highest BCUT2D eigenvalue weighted by molar-refractivity contribution is 6.30. The first-order valence-electron chi connectivity index (χ1n) is 8.06. The monoisotopic (exact) mass is 374 g/mol. The number of carbonyl (C=O) groups is 1. The van der Waals surface area contributed by atoms with Crippen molar-refractivity contribution < 1.29 is 9.53 Å². The molecule has 0 saturated carbocycles. The SMILES string of the molecule is O=C(Cn1cnc2c(nnn2-c2ccc(Cl)cc2)c1=O)N1CCOCC1. The first-order valence-corrected chi connectivity index (χ1v) is 8.43. The van der Waals surface area contributed by atoms with Crippen LogP contribution in [0.15, 0.2) is 35.4 Å². The van der Waals surface area contributed by atoms with Crippen molar-refractivity contribution in [3.8, 4) is 5.69 Å². The number of amides is 1. The van der Waals surface area contributed by atoms with Gasteiger partial charge in [0, 0.05) is 18.1 Å². The third-order valence-electron chi connectivity index (χ3n) is 4.17. The number of halogens is 1. The molecule has 10 heteroatoms. The van der Waals surface area contributed by atoms with Crippen LogP contribution in [0.3, 0.4) is 0 Å². The van der Waals surface area contributed by atoms with E-state index in [1.54, 1.807) is 29.2 Å². The highest BCUT2D eigenvalue weighted by atomic mass is 35.5. The Kier molecular flexibility index (Phi) is 4.39. The summed E-state index contributed by atoms with van der Waals surface area (Å²) in [7, 11) is 0. The van der Waals surface area contributed by atoms with Gasteiger partial charge in [-0.15, -0.1) is 5.10 Å². The number of fused-ring (bicyclic) bond motifs is 1. The highest BCUT2D eigenvalue weighted by Crippen LogP contribution is 2.15. The summed E-state index contributed by atoms with van der Waals surface area (Å²) in [6.45, 7) is 1.97. The third kappa shape index (κ3) is 3.06. The van der Waals surface area contributed by atoms with Crippen LogP contribution in [0.5, 0.6) is 0 Å². The van der Waals surface area contributed by atoms with Crippen molar-refractivity contribution in [2.75, 3.05) is 26.3 Å². The zero-order valence-electron chi connectivity index (χ0n) is 13.7. The molecule has 1 aliphatic heterocycles. The van der Waals surface area contributed by atoms with E-state index in [-0.39, 0.29) is 18.0 Å². The number of benzene rings is 1. The van der Waals surface area contributed by atoms with Gasteiger partial charge < -0.3 is 9.64 Å². The molecule has 4 rings (SSSR count). The molecule has 0 N–H and O–H groups in total. The fourth-order valence-corrected chi connectivity index (χ4v) is 2.90. The Hall–Kier alpha value is -2.78. The van der Waals surface area contributed by atoms with Crippen molar-refractivity contribution in [2.45, 2.75) is 6.54 Å². The van der Waals surface area contributed by atoms with Crippen LogP contribution < -0.4 is 5.56 Å². The van der Waals surface area contributed by atoms with Gasteiger partial charge in [-0.25, -0.2) is 4.98 Å². The van der Waals surface area contributed by atoms with Crippen molar-refractivity contribution in [1.82, 2.24) is 29.4 Å². The summed E-state index contributed by atoms with van der Waals surface area (Å²) in [5.74, 6) is -0.151. The quantitative estimate of drug-likeness (QED) is 0.662. The molecule has 1 aromatic carbocycles. The van der Waals surface area contributed by atoms with Gasteiger partial charge in [-0.1, -0.05) is 16.8 Å². The van der Waals surface area contributed by atoms with Crippen molar-refractivity contribution >= 4 is 28.7 Å². The molecule has 1 fully saturated rings. The Balaban J connectivity index is 1.64. The second-order valence-electron chi connectivity index (χ2n) is 5.82. The molecule has 0 radical (unpaired) electrons. The summed E-state index contributed by atoms with van der Waals surface area (Å²) >= 11 is 5.89. The maximum atomic E-state index is 12.6. The van der Waals surface area contributed by atoms with E-state index in [4.69, 9.17) is 16.3 Å². The number of hydrogen-bond donors (Lipinski definition) is 0. The standard InChI is InChI=1S/C16H15ClN6O3/c17-11-1-3-12(4-2-11)23-15-14(19-20-23)16(25)22(10-18-15)9-13(24)21-5-7-26-8-6-21/h1-4,10H,5-9H2. The Bertz CT molecular complexity index is 1010.